The van der Waals surface area contributed by atoms with Gasteiger partial charge in [-0.05, 0) is 76.1 Å². The molecule has 9 heteroatoms. The van der Waals surface area contributed by atoms with E-state index in [1.165, 1.54) is 6.08 Å². The van der Waals surface area contributed by atoms with Gasteiger partial charge in [0.1, 0.15) is 23.1 Å². The highest BCUT2D eigenvalue weighted by Gasteiger charge is 2.12. The van der Waals surface area contributed by atoms with Gasteiger partial charge in [0.25, 0.3) is 11.8 Å². The Labute approximate surface area is 210 Å². The summed E-state index contributed by atoms with van der Waals surface area (Å²) in [5.74, 6) is 0.209. The van der Waals surface area contributed by atoms with Gasteiger partial charge in [0.15, 0.2) is 6.61 Å². The van der Waals surface area contributed by atoms with Gasteiger partial charge in [0.05, 0.1) is 22.3 Å². The molecule has 0 bridgehead atoms. The predicted octanol–water partition coefficient (Wildman–Crippen LogP) is 5.67. The van der Waals surface area contributed by atoms with E-state index in [-0.39, 0.29) is 18.1 Å². The van der Waals surface area contributed by atoms with Crippen LogP contribution < -0.4 is 20.1 Å². The highest BCUT2D eigenvalue weighted by atomic mass is 79.9. The molecule has 3 aromatic carbocycles. The Balaban J connectivity index is 1.62. The van der Waals surface area contributed by atoms with Crippen molar-refractivity contribution in [2.75, 3.05) is 24.4 Å². The molecule has 0 fully saturated rings. The maximum atomic E-state index is 12.5. The second-order valence-electron chi connectivity index (χ2n) is 6.86. The Morgan fingerprint density at radius 3 is 2.47 bits per heavy atom. The normalized spacial score (nSPS) is 10.7. The molecule has 0 unspecified atom stereocenters. The van der Waals surface area contributed by atoms with Crippen LogP contribution in [-0.2, 0) is 9.59 Å². The van der Waals surface area contributed by atoms with Crippen LogP contribution in [0.3, 0.4) is 0 Å². The molecule has 0 aliphatic heterocycles. The number of benzene rings is 3. The average Bonchev–Trinajstić information content (AvgIpc) is 2.83. The molecule has 0 aliphatic carbocycles. The van der Waals surface area contributed by atoms with E-state index in [2.05, 4.69) is 26.6 Å². The smallest absolute Gasteiger partial charge is 0.266 e. The Hall–Kier alpha value is -3.80. The van der Waals surface area contributed by atoms with Gasteiger partial charge in [-0.2, -0.15) is 5.26 Å². The number of nitrogens with zero attached hydrogens (tertiary/aromatic N) is 1. The summed E-state index contributed by atoms with van der Waals surface area (Å²) in [6.07, 6.45) is 1.44. The standard InChI is InChI=1S/C25H19BrClN3O4/c1-33-19-9-7-18(8-10-19)29-24(31)15-34-23-11-6-16(13-20(23)26)12-17(14-28)25(32)30-22-5-3-2-4-21(22)27/h2-13H,15H2,1H3,(H,29,31)(H,30,32)/b17-12+. The van der Waals surface area contributed by atoms with E-state index in [1.807, 2.05) is 6.07 Å². The van der Waals surface area contributed by atoms with Gasteiger partial charge in [-0.3, -0.25) is 9.59 Å². The zero-order chi connectivity index (χ0) is 24.5. The van der Waals surface area contributed by atoms with Crippen molar-refractivity contribution in [3.8, 4) is 17.6 Å². The number of carbonyl (C=O) groups excluding carboxylic acids is 2. The number of anilines is 2. The Morgan fingerprint density at radius 1 is 1.09 bits per heavy atom. The Morgan fingerprint density at radius 2 is 1.82 bits per heavy atom. The number of rotatable bonds is 8. The van der Waals surface area contributed by atoms with Crippen molar-refractivity contribution in [2.45, 2.75) is 0 Å². The first kappa shape index (κ1) is 24.8. The van der Waals surface area contributed by atoms with Crippen LogP contribution in [0.15, 0.2) is 76.8 Å². The van der Waals surface area contributed by atoms with E-state index < -0.39 is 5.91 Å². The van der Waals surface area contributed by atoms with E-state index in [9.17, 15) is 14.9 Å². The van der Waals surface area contributed by atoms with Crippen LogP contribution in [0.5, 0.6) is 11.5 Å². The zero-order valence-electron chi connectivity index (χ0n) is 18.0. The first-order valence-corrected chi connectivity index (χ1v) is 11.1. The lowest BCUT2D eigenvalue weighted by atomic mass is 10.1. The van der Waals surface area contributed by atoms with Crippen molar-refractivity contribution >= 4 is 56.8 Å². The van der Waals surface area contributed by atoms with Crippen LogP contribution in [0.25, 0.3) is 6.08 Å². The molecule has 0 radical (unpaired) electrons. The highest BCUT2D eigenvalue weighted by Crippen LogP contribution is 2.27. The quantitative estimate of drug-likeness (QED) is 0.283. The molecule has 0 aromatic heterocycles. The van der Waals surface area contributed by atoms with Crippen LogP contribution in [0.2, 0.25) is 5.02 Å². The summed E-state index contributed by atoms with van der Waals surface area (Å²) in [6.45, 7) is -0.205. The third-order valence-corrected chi connectivity index (χ3v) is 5.44. The molecule has 7 nitrogen and oxygen atoms in total. The molecular weight excluding hydrogens is 522 g/mol. The monoisotopic (exact) mass is 539 g/mol. The molecule has 0 heterocycles. The molecule has 2 N–H and O–H groups in total. The number of nitrogens with one attached hydrogen (secondary N) is 2. The molecule has 0 spiro atoms. The second-order valence-corrected chi connectivity index (χ2v) is 8.12. The third kappa shape index (κ3) is 6.85. The van der Waals surface area contributed by atoms with Gasteiger partial charge in [0.2, 0.25) is 0 Å². The molecular formula is C25H19BrClN3O4. The summed E-state index contributed by atoms with van der Waals surface area (Å²) in [7, 11) is 1.57. The summed E-state index contributed by atoms with van der Waals surface area (Å²) < 4.78 is 11.2. The van der Waals surface area contributed by atoms with Gasteiger partial charge in [-0.1, -0.05) is 29.8 Å². The van der Waals surface area contributed by atoms with Gasteiger partial charge in [-0.15, -0.1) is 0 Å². The lowest BCUT2D eigenvalue weighted by molar-refractivity contribution is -0.118. The van der Waals surface area contributed by atoms with Gasteiger partial charge in [-0.25, -0.2) is 0 Å². The number of methoxy groups -OCH3 is 1. The van der Waals surface area contributed by atoms with Crippen LogP contribution >= 0.6 is 27.5 Å². The van der Waals surface area contributed by atoms with Crippen LogP contribution in [0.4, 0.5) is 11.4 Å². The minimum atomic E-state index is -0.581. The molecule has 34 heavy (non-hydrogen) atoms. The van der Waals surface area contributed by atoms with Crippen molar-refractivity contribution in [1.29, 1.82) is 5.26 Å². The van der Waals surface area contributed by atoms with E-state index in [0.717, 1.165) is 0 Å². The van der Waals surface area contributed by atoms with Crippen molar-refractivity contribution in [2.24, 2.45) is 0 Å². The number of carbonyl (C=O) groups is 2. The van der Waals surface area contributed by atoms with Crippen molar-refractivity contribution < 1.29 is 19.1 Å². The Kier molecular flexibility index (Phi) is 8.68. The van der Waals surface area contributed by atoms with E-state index in [0.29, 0.717) is 37.9 Å². The summed E-state index contributed by atoms with van der Waals surface area (Å²) in [5, 5.41) is 15.1. The summed E-state index contributed by atoms with van der Waals surface area (Å²) in [4.78, 5) is 24.6. The summed E-state index contributed by atoms with van der Waals surface area (Å²) >= 11 is 9.44. The minimum Gasteiger partial charge on any atom is -0.497 e. The van der Waals surface area contributed by atoms with Crippen molar-refractivity contribution in [1.82, 2.24) is 0 Å². The molecule has 0 aliphatic rings. The number of amides is 2. The predicted molar refractivity (Wildman–Crippen MR) is 135 cm³/mol. The zero-order valence-corrected chi connectivity index (χ0v) is 20.3. The summed E-state index contributed by atoms with van der Waals surface area (Å²) in [6, 6.07) is 20.5. The van der Waals surface area contributed by atoms with Gasteiger partial charge in [0, 0.05) is 5.69 Å². The number of halogens is 2. The third-order valence-electron chi connectivity index (χ3n) is 4.49. The largest absolute Gasteiger partial charge is 0.497 e. The first-order chi connectivity index (χ1) is 16.4. The first-order valence-electron chi connectivity index (χ1n) is 9.93. The maximum Gasteiger partial charge on any atom is 0.266 e. The topological polar surface area (TPSA) is 100 Å². The second kappa shape index (κ2) is 11.9. The van der Waals surface area contributed by atoms with Crippen LogP contribution in [0.1, 0.15) is 5.56 Å². The van der Waals surface area contributed by atoms with E-state index >= 15 is 0 Å². The number of nitriles is 1. The maximum absolute atomic E-state index is 12.5. The molecule has 0 saturated carbocycles. The fourth-order valence-electron chi connectivity index (χ4n) is 2.81. The van der Waals surface area contributed by atoms with Crippen molar-refractivity contribution in [3.05, 3.63) is 87.4 Å². The van der Waals surface area contributed by atoms with Crippen molar-refractivity contribution in [3.63, 3.8) is 0 Å². The molecule has 3 rings (SSSR count). The fourth-order valence-corrected chi connectivity index (χ4v) is 3.50. The highest BCUT2D eigenvalue weighted by molar-refractivity contribution is 9.10. The Bertz CT molecular complexity index is 1270. The van der Waals surface area contributed by atoms with Gasteiger partial charge < -0.3 is 20.1 Å². The number of para-hydroxylation sites is 1. The lowest BCUT2D eigenvalue weighted by Crippen LogP contribution is -2.20. The summed E-state index contributed by atoms with van der Waals surface area (Å²) in [5.41, 5.74) is 1.52. The number of ether oxygens (including phenoxy) is 2. The minimum absolute atomic E-state index is 0.0978. The molecule has 172 valence electrons. The van der Waals surface area contributed by atoms with Gasteiger partial charge >= 0.3 is 0 Å². The molecule has 0 atom stereocenters. The number of hydrogen-bond acceptors (Lipinski definition) is 5. The van der Waals surface area contributed by atoms with E-state index in [1.54, 1.807) is 73.8 Å². The average molecular weight is 541 g/mol. The van der Waals surface area contributed by atoms with E-state index in [4.69, 9.17) is 21.1 Å². The van der Waals surface area contributed by atoms with Crippen LogP contribution in [-0.4, -0.2) is 25.5 Å². The fraction of sp³-hybridized carbons (Fsp3) is 0.0800. The number of hydrogen-bond donors (Lipinski definition) is 2. The molecule has 2 amide bonds. The lowest BCUT2D eigenvalue weighted by Gasteiger charge is -2.10. The molecule has 3 aromatic rings. The van der Waals surface area contributed by atoms with Crippen LogP contribution in [0, 0.1) is 11.3 Å². The molecule has 0 saturated heterocycles. The SMILES string of the molecule is COc1ccc(NC(=O)COc2ccc(/C=C(\C#N)C(=O)Nc3ccccc3Cl)cc2Br)cc1.